The average Bonchev–Trinajstić information content (AvgIpc) is 2.94. The molecule has 106 valence electrons. The fourth-order valence-electron chi connectivity index (χ4n) is 2.36. The van der Waals surface area contributed by atoms with Crippen molar-refractivity contribution in [1.82, 2.24) is 14.7 Å². The van der Waals surface area contributed by atoms with Gasteiger partial charge in [-0.05, 0) is 12.1 Å². The predicted molar refractivity (Wildman–Crippen MR) is 70.8 cm³/mol. The first kappa shape index (κ1) is 13.0. The van der Waals surface area contributed by atoms with Crippen molar-refractivity contribution in [3.05, 3.63) is 52.8 Å². The molecular formula is C14H11N3O4. The number of aromatic carboxylic acids is 1. The van der Waals surface area contributed by atoms with E-state index in [1.54, 1.807) is 31.3 Å². The lowest BCUT2D eigenvalue weighted by Gasteiger charge is -2.12. The molecule has 0 aliphatic carbocycles. The Morgan fingerprint density at radius 1 is 1.19 bits per heavy atom. The van der Waals surface area contributed by atoms with Crippen LogP contribution in [-0.4, -0.2) is 37.6 Å². The third kappa shape index (κ3) is 1.99. The molecule has 1 aromatic heterocycles. The SMILES string of the molecule is Cn1cc(C(=O)O)c(CN2C(=O)c3ccccc3C2=O)n1. The van der Waals surface area contributed by atoms with E-state index in [1.165, 1.54) is 10.9 Å². The number of carbonyl (C=O) groups excluding carboxylic acids is 2. The van der Waals surface area contributed by atoms with E-state index >= 15 is 0 Å². The molecule has 3 rings (SSSR count). The van der Waals surface area contributed by atoms with Crippen LogP contribution in [0.2, 0.25) is 0 Å². The van der Waals surface area contributed by atoms with Gasteiger partial charge in [0.25, 0.3) is 11.8 Å². The van der Waals surface area contributed by atoms with E-state index < -0.39 is 17.8 Å². The number of benzene rings is 1. The highest BCUT2D eigenvalue weighted by atomic mass is 16.4. The number of rotatable bonds is 3. The minimum Gasteiger partial charge on any atom is -0.478 e. The number of imide groups is 1. The molecule has 1 aliphatic rings. The van der Waals surface area contributed by atoms with E-state index in [2.05, 4.69) is 5.10 Å². The monoisotopic (exact) mass is 285 g/mol. The highest BCUT2D eigenvalue weighted by Gasteiger charge is 2.36. The van der Waals surface area contributed by atoms with Crippen LogP contribution in [0.4, 0.5) is 0 Å². The summed E-state index contributed by atoms with van der Waals surface area (Å²) in [5.41, 5.74) is 0.819. The largest absolute Gasteiger partial charge is 0.478 e. The lowest BCUT2D eigenvalue weighted by atomic mass is 10.1. The summed E-state index contributed by atoms with van der Waals surface area (Å²) in [6, 6.07) is 6.51. The smallest absolute Gasteiger partial charge is 0.339 e. The van der Waals surface area contributed by atoms with Gasteiger partial charge in [-0.2, -0.15) is 5.10 Å². The average molecular weight is 285 g/mol. The highest BCUT2D eigenvalue weighted by molar-refractivity contribution is 6.21. The summed E-state index contributed by atoms with van der Waals surface area (Å²) in [7, 11) is 1.58. The summed E-state index contributed by atoms with van der Waals surface area (Å²) in [6.45, 7) is -0.158. The standard InChI is InChI=1S/C14H11N3O4/c1-16-6-10(14(20)21)11(15-16)7-17-12(18)8-4-2-3-5-9(8)13(17)19/h2-6H,7H2,1H3,(H,20,21). The van der Waals surface area contributed by atoms with Gasteiger partial charge in [-0.1, -0.05) is 12.1 Å². The second-order valence-corrected chi connectivity index (χ2v) is 4.71. The molecule has 7 heteroatoms. The Labute approximate surface area is 119 Å². The van der Waals surface area contributed by atoms with Crippen LogP contribution in [0, 0.1) is 0 Å². The van der Waals surface area contributed by atoms with Crippen LogP contribution in [0.25, 0.3) is 0 Å². The molecule has 0 atom stereocenters. The molecule has 0 unspecified atom stereocenters. The molecule has 1 aromatic carbocycles. The molecule has 1 N–H and O–H groups in total. The Hall–Kier alpha value is -2.96. The van der Waals surface area contributed by atoms with E-state index in [0.29, 0.717) is 11.1 Å². The molecule has 2 aromatic rings. The van der Waals surface area contributed by atoms with Gasteiger partial charge in [0.05, 0.1) is 23.4 Å². The van der Waals surface area contributed by atoms with Gasteiger partial charge in [0, 0.05) is 13.2 Å². The molecule has 0 spiro atoms. The molecule has 0 fully saturated rings. The predicted octanol–water partition coefficient (Wildman–Crippen LogP) is 0.915. The van der Waals surface area contributed by atoms with Crippen LogP contribution in [0.3, 0.4) is 0 Å². The number of carboxylic acids is 1. The van der Waals surface area contributed by atoms with E-state index in [1.807, 2.05) is 0 Å². The van der Waals surface area contributed by atoms with E-state index in [9.17, 15) is 14.4 Å². The Kier molecular flexibility index (Phi) is 2.83. The molecule has 21 heavy (non-hydrogen) atoms. The van der Waals surface area contributed by atoms with Crippen LogP contribution >= 0.6 is 0 Å². The maximum Gasteiger partial charge on any atom is 0.339 e. The number of nitrogens with zero attached hydrogens (tertiary/aromatic N) is 3. The van der Waals surface area contributed by atoms with Gasteiger partial charge in [-0.25, -0.2) is 4.79 Å². The first-order valence-electron chi connectivity index (χ1n) is 6.20. The minimum atomic E-state index is -1.14. The highest BCUT2D eigenvalue weighted by Crippen LogP contribution is 2.24. The number of fused-ring (bicyclic) bond motifs is 1. The second-order valence-electron chi connectivity index (χ2n) is 4.71. The Bertz CT molecular complexity index is 743. The van der Waals surface area contributed by atoms with E-state index in [0.717, 1.165) is 4.90 Å². The maximum atomic E-state index is 12.2. The Balaban J connectivity index is 1.96. The van der Waals surface area contributed by atoms with Crippen molar-refractivity contribution in [2.24, 2.45) is 7.05 Å². The normalized spacial score (nSPS) is 13.7. The molecule has 1 aliphatic heterocycles. The number of aryl methyl sites for hydroxylation is 1. The van der Waals surface area contributed by atoms with Crippen LogP contribution in [-0.2, 0) is 13.6 Å². The van der Waals surface area contributed by atoms with Crippen LogP contribution in [0.1, 0.15) is 36.8 Å². The molecule has 2 amide bonds. The number of amides is 2. The van der Waals surface area contributed by atoms with Crippen molar-refractivity contribution in [2.45, 2.75) is 6.54 Å². The molecule has 2 heterocycles. The lowest BCUT2D eigenvalue weighted by molar-refractivity contribution is 0.0626. The second kappa shape index (κ2) is 4.55. The first-order valence-corrected chi connectivity index (χ1v) is 6.20. The molecule has 0 bridgehead atoms. The van der Waals surface area contributed by atoms with Gasteiger partial charge < -0.3 is 5.11 Å². The van der Waals surface area contributed by atoms with Crippen LogP contribution < -0.4 is 0 Å². The van der Waals surface area contributed by atoms with Gasteiger partial charge in [-0.15, -0.1) is 0 Å². The zero-order chi connectivity index (χ0) is 15.1. The van der Waals surface area contributed by atoms with Gasteiger partial charge >= 0.3 is 5.97 Å². The number of hydrogen-bond donors (Lipinski definition) is 1. The summed E-state index contributed by atoms with van der Waals surface area (Å²) < 4.78 is 1.34. The number of carboxylic acid groups (broad SMARTS) is 1. The molecule has 0 saturated heterocycles. The third-order valence-corrected chi connectivity index (χ3v) is 3.32. The van der Waals surface area contributed by atoms with Gasteiger partial charge in [0.1, 0.15) is 5.56 Å². The quantitative estimate of drug-likeness (QED) is 0.846. The van der Waals surface area contributed by atoms with Gasteiger partial charge in [0.2, 0.25) is 0 Å². The Morgan fingerprint density at radius 3 is 2.29 bits per heavy atom. The summed E-state index contributed by atoms with van der Waals surface area (Å²) >= 11 is 0. The van der Waals surface area contributed by atoms with Crippen molar-refractivity contribution in [3.8, 4) is 0 Å². The van der Waals surface area contributed by atoms with Crippen molar-refractivity contribution in [2.75, 3.05) is 0 Å². The van der Waals surface area contributed by atoms with Crippen LogP contribution in [0.15, 0.2) is 30.5 Å². The summed E-state index contributed by atoms with van der Waals surface area (Å²) in [4.78, 5) is 36.6. The third-order valence-electron chi connectivity index (χ3n) is 3.32. The maximum absolute atomic E-state index is 12.2. The van der Waals surface area contributed by atoms with Gasteiger partial charge in [0.15, 0.2) is 0 Å². The molecular weight excluding hydrogens is 274 g/mol. The molecule has 7 nitrogen and oxygen atoms in total. The lowest BCUT2D eigenvalue weighted by Crippen LogP contribution is -2.30. The molecule has 0 saturated carbocycles. The van der Waals surface area contributed by atoms with Crippen molar-refractivity contribution in [1.29, 1.82) is 0 Å². The topological polar surface area (TPSA) is 92.5 Å². The van der Waals surface area contributed by atoms with Crippen LogP contribution in [0.5, 0.6) is 0 Å². The molecule has 0 radical (unpaired) electrons. The summed E-state index contributed by atoms with van der Waals surface area (Å²) in [5.74, 6) is -2.01. The van der Waals surface area contributed by atoms with Crippen molar-refractivity contribution < 1.29 is 19.5 Å². The first-order chi connectivity index (χ1) is 9.99. The number of aromatic nitrogens is 2. The van der Waals surface area contributed by atoms with E-state index in [-0.39, 0.29) is 17.8 Å². The van der Waals surface area contributed by atoms with E-state index in [4.69, 9.17) is 5.11 Å². The minimum absolute atomic E-state index is 0.0194. The number of carbonyl (C=O) groups is 3. The number of hydrogen-bond acceptors (Lipinski definition) is 4. The summed E-state index contributed by atoms with van der Waals surface area (Å²) in [6.07, 6.45) is 1.34. The summed E-state index contributed by atoms with van der Waals surface area (Å²) in [5, 5.41) is 13.1. The Morgan fingerprint density at radius 2 is 1.76 bits per heavy atom. The van der Waals surface area contributed by atoms with Crippen molar-refractivity contribution in [3.63, 3.8) is 0 Å². The zero-order valence-corrected chi connectivity index (χ0v) is 11.1. The zero-order valence-electron chi connectivity index (χ0n) is 11.1. The van der Waals surface area contributed by atoms with Gasteiger partial charge in [-0.3, -0.25) is 19.2 Å². The fourth-order valence-corrected chi connectivity index (χ4v) is 2.36. The van der Waals surface area contributed by atoms with Crippen molar-refractivity contribution >= 4 is 17.8 Å². The fraction of sp³-hybridized carbons (Fsp3) is 0.143.